The number of carbonyl (C=O) groups excluding carboxylic acids is 1. The van der Waals surface area contributed by atoms with E-state index in [1.54, 1.807) is 18.3 Å². The monoisotopic (exact) mass is 394 g/mol. The van der Waals surface area contributed by atoms with E-state index in [0.717, 1.165) is 29.3 Å². The number of hydrogen-bond acceptors (Lipinski definition) is 4. The first-order chi connectivity index (χ1) is 14.2. The van der Waals surface area contributed by atoms with Crippen molar-refractivity contribution in [2.45, 2.75) is 32.3 Å². The zero-order chi connectivity index (χ0) is 20.1. The second-order valence-corrected chi connectivity index (χ2v) is 7.33. The van der Waals surface area contributed by atoms with Crippen LogP contribution in [0.25, 0.3) is 11.3 Å². The van der Waals surface area contributed by atoms with Gasteiger partial charge in [-0.05, 0) is 60.7 Å². The van der Waals surface area contributed by atoms with E-state index in [9.17, 15) is 9.18 Å². The number of carbonyl (C=O) groups is 1. The van der Waals surface area contributed by atoms with Gasteiger partial charge in [0.05, 0.1) is 12.8 Å². The molecule has 0 radical (unpaired) electrons. The summed E-state index contributed by atoms with van der Waals surface area (Å²) in [7, 11) is 0. The summed E-state index contributed by atoms with van der Waals surface area (Å²) in [5.41, 5.74) is 2.54. The van der Waals surface area contributed by atoms with Gasteiger partial charge in [-0.1, -0.05) is 12.1 Å². The van der Waals surface area contributed by atoms with Crippen LogP contribution in [0.1, 0.15) is 30.7 Å². The molecule has 3 aromatic rings. The van der Waals surface area contributed by atoms with Crippen LogP contribution in [0.3, 0.4) is 0 Å². The molecular weight excluding hydrogens is 371 g/mol. The van der Waals surface area contributed by atoms with E-state index in [2.05, 4.69) is 10.3 Å². The Bertz CT molecular complexity index is 964. The number of anilines is 1. The fraction of sp³-hybridized carbons (Fsp3) is 0.304. The van der Waals surface area contributed by atoms with Crippen molar-refractivity contribution in [3.63, 3.8) is 0 Å². The van der Waals surface area contributed by atoms with Gasteiger partial charge in [0, 0.05) is 30.7 Å². The number of hydrogen-bond donors (Lipinski definition) is 1. The van der Waals surface area contributed by atoms with Gasteiger partial charge in [0.1, 0.15) is 5.82 Å². The second-order valence-electron chi connectivity index (χ2n) is 7.33. The molecule has 0 saturated heterocycles. The van der Waals surface area contributed by atoms with Crippen molar-refractivity contribution in [3.8, 4) is 11.3 Å². The summed E-state index contributed by atoms with van der Waals surface area (Å²) < 4.78 is 24.4. The molecule has 150 valence electrons. The van der Waals surface area contributed by atoms with E-state index >= 15 is 0 Å². The number of benzene rings is 2. The molecule has 1 fully saturated rings. The third-order valence-electron chi connectivity index (χ3n) is 4.78. The summed E-state index contributed by atoms with van der Waals surface area (Å²) in [6, 6.07) is 13.7. The van der Waals surface area contributed by atoms with Crippen molar-refractivity contribution in [2.24, 2.45) is 5.92 Å². The third-order valence-corrected chi connectivity index (χ3v) is 4.78. The van der Waals surface area contributed by atoms with Crippen molar-refractivity contribution in [3.05, 3.63) is 72.0 Å². The van der Waals surface area contributed by atoms with Crippen LogP contribution in [0, 0.1) is 11.7 Å². The van der Waals surface area contributed by atoms with Crippen LogP contribution in [-0.4, -0.2) is 17.5 Å². The molecule has 29 heavy (non-hydrogen) atoms. The summed E-state index contributed by atoms with van der Waals surface area (Å²) in [6.07, 6.45) is 4.77. The molecule has 5 nitrogen and oxygen atoms in total. The van der Waals surface area contributed by atoms with Crippen LogP contribution >= 0.6 is 0 Å². The Hall–Kier alpha value is -2.99. The highest BCUT2D eigenvalue weighted by molar-refractivity contribution is 5.90. The zero-order valence-electron chi connectivity index (χ0n) is 16.1. The molecule has 0 unspecified atom stereocenters. The molecule has 0 aliphatic heterocycles. The number of oxazole rings is 1. The maximum atomic E-state index is 13.0. The van der Waals surface area contributed by atoms with Crippen LogP contribution in [0.2, 0.25) is 0 Å². The number of nitrogens with one attached hydrogen (secondary N) is 1. The summed E-state index contributed by atoms with van der Waals surface area (Å²) in [5, 5.41) is 2.90. The molecule has 1 aromatic heterocycles. The Balaban J connectivity index is 1.26. The lowest BCUT2D eigenvalue weighted by atomic mass is 10.2. The van der Waals surface area contributed by atoms with Gasteiger partial charge < -0.3 is 14.5 Å². The van der Waals surface area contributed by atoms with Gasteiger partial charge in [-0.3, -0.25) is 4.79 Å². The average Bonchev–Trinajstić information content (AvgIpc) is 3.42. The fourth-order valence-electron chi connectivity index (χ4n) is 2.98. The zero-order valence-corrected chi connectivity index (χ0v) is 16.1. The van der Waals surface area contributed by atoms with Gasteiger partial charge in [0.15, 0.2) is 11.7 Å². The standard InChI is InChI=1S/C23H23FN2O3/c24-19-8-6-18(7-9-19)21-13-25-23(29-21)11-10-22(27)26-20-3-1-2-17(12-20)15-28-14-16-4-5-16/h1-3,6-9,12-13,16H,4-5,10-11,14-15H2,(H,26,27). The number of amides is 1. The summed E-state index contributed by atoms with van der Waals surface area (Å²) in [6.45, 7) is 1.37. The van der Waals surface area contributed by atoms with Gasteiger partial charge in [0.25, 0.3) is 0 Å². The van der Waals surface area contributed by atoms with E-state index in [-0.39, 0.29) is 18.1 Å². The van der Waals surface area contributed by atoms with Gasteiger partial charge in [-0.2, -0.15) is 0 Å². The number of rotatable bonds is 9. The molecule has 2 aromatic carbocycles. The first kappa shape index (κ1) is 19.3. The van der Waals surface area contributed by atoms with Crippen LogP contribution in [0.15, 0.2) is 59.1 Å². The summed E-state index contributed by atoms with van der Waals surface area (Å²) >= 11 is 0. The van der Waals surface area contributed by atoms with E-state index in [4.69, 9.17) is 9.15 Å². The first-order valence-corrected chi connectivity index (χ1v) is 9.83. The Morgan fingerprint density at radius 1 is 1.21 bits per heavy atom. The molecule has 1 amide bonds. The largest absolute Gasteiger partial charge is 0.441 e. The van der Waals surface area contributed by atoms with Crippen LogP contribution in [-0.2, 0) is 22.6 Å². The van der Waals surface area contributed by atoms with Gasteiger partial charge in [-0.25, -0.2) is 9.37 Å². The number of aromatic nitrogens is 1. The lowest BCUT2D eigenvalue weighted by Gasteiger charge is -2.08. The quantitative estimate of drug-likeness (QED) is 0.556. The smallest absolute Gasteiger partial charge is 0.224 e. The lowest BCUT2D eigenvalue weighted by Crippen LogP contribution is -2.12. The highest BCUT2D eigenvalue weighted by atomic mass is 19.1. The highest BCUT2D eigenvalue weighted by Gasteiger charge is 2.21. The average molecular weight is 394 g/mol. The summed E-state index contributed by atoms with van der Waals surface area (Å²) in [5.74, 6) is 1.35. The maximum Gasteiger partial charge on any atom is 0.224 e. The normalized spacial score (nSPS) is 13.4. The predicted molar refractivity (Wildman–Crippen MR) is 108 cm³/mol. The molecule has 1 heterocycles. The molecule has 1 aliphatic carbocycles. The van der Waals surface area contributed by atoms with E-state index in [0.29, 0.717) is 24.7 Å². The van der Waals surface area contributed by atoms with Gasteiger partial charge >= 0.3 is 0 Å². The van der Waals surface area contributed by atoms with Gasteiger partial charge in [-0.15, -0.1) is 0 Å². The number of halogens is 1. The Morgan fingerprint density at radius 3 is 2.83 bits per heavy atom. The third kappa shape index (κ3) is 5.74. The molecule has 1 saturated carbocycles. The maximum absolute atomic E-state index is 13.0. The van der Waals surface area contributed by atoms with Crippen molar-refractivity contribution in [2.75, 3.05) is 11.9 Å². The molecule has 6 heteroatoms. The van der Waals surface area contributed by atoms with Crippen molar-refractivity contribution in [1.82, 2.24) is 4.98 Å². The van der Waals surface area contributed by atoms with Crippen LogP contribution in [0.4, 0.5) is 10.1 Å². The summed E-state index contributed by atoms with van der Waals surface area (Å²) in [4.78, 5) is 16.5. The van der Waals surface area contributed by atoms with Crippen molar-refractivity contribution in [1.29, 1.82) is 0 Å². The van der Waals surface area contributed by atoms with Crippen molar-refractivity contribution >= 4 is 11.6 Å². The van der Waals surface area contributed by atoms with E-state index < -0.39 is 0 Å². The molecule has 1 N–H and O–H groups in total. The Morgan fingerprint density at radius 2 is 2.03 bits per heavy atom. The Labute approximate surface area is 168 Å². The van der Waals surface area contributed by atoms with Crippen molar-refractivity contribution < 1.29 is 18.3 Å². The lowest BCUT2D eigenvalue weighted by molar-refractivity contribution is -0.116. The second kappa shape index (κ2) is 9.01. The van der Waals surface area contributed by atoms with Crippen LogP contribution in [0.5, 0.6) is 0 Å². The minimum Gasteiger partial charge on any atom is -0.441 e. The van der Waals surface area contributed by atoms with Crippen LogP contribution < -0.4 is 5.32 Å². The minimum absolute atomic E-state index is 0.109. The molecule has 0 bridgehead atoms. The predicted octanol–water partition coefficient (Wildman–Crippen LogP) is 4.98. The molecule has 0 spiro atoms. The number of ether oxygens (including phenoxy) is 1. The molecular formula is C23H23FN2O3. The Kier molecular flexibility index (Phi) is 6.00. The molecule has 4 rings (SSSR count). The van der Waals surface area contributed by atoms with Gasteiger partial charge in [0.2, 0.25) is 5.91 Å². The number of nitrogens with zero attached hydrogens (tertiary/aromatic N) is 1. The highest BCUT2D eigenvalue weighted by Crippen LogP contribution is 2.29. The fourth-order valence-corrected chi connectivity index (χ4v) is 2.98. The topological polar surface area (TPSA) is 64.4 Å². The SMILES string of the molecule is O=C(CCc1ncc(-c2ccc(F)cc2)o1)Nc1cccc(COCC2CC2)c1. The van der Waals surface area contributed by atoms with E-state index in [1.165, 1.54) is 25.0 Å². The minimum atomic E-state index is -0.302. The molecule has 1 aliphatic rings. The first-order valence-electron chi connectivity index (χ1n) is 9.83. The number of aryl methyl sites for hydroxylation is 1. The molecule has 0 atom stereocenters. The van der Waals surface area contributed by atoms with E-state index in [1.807, 2.05) is 24.3 Å².